The summed E-state index contributed by atoms with van der Waals surface area (Å²) in [6, 6.07) is 9.69. The molecule has 0 saturated heterocycles. The molecule has 3 nitrogen and oxygen atoms in total. The number of hydrogen-bond acceptors (Lipinski definition) is 3. The van der Waals surface area contributed by atoms with Crippen LogP contribution in [-0.2, 0) is 0 Å². The molecule has 17 heavy (non-hydrogen) atoms. The van der Waals surface area contributed by atoms with Crippen LogP contribution in [0.1, 0.15) is 11.1 Å². The monoisotopic (exact) mass is 240 g/mol. The Hall–Kier alpha value is -2.36. The van der Waals surface area contributed by atoms with Crippen molar-refractivity contribution in [2.45, 2.75) is 0 Å². The first-order valence-electron chi connectivity index (χ1n) is 4.74. The van der Waals surface area contributed by atoms with E-state index < -0.39 is 0 Å². The van der Waals surface area contributed by atoms with Crippen LogP contribution in [0.25, 0.3) is 10.6 Å². The molecule has 1 aliphatic rings. The van der Waals surface area contributed by atoms with Crippen LogP contribution >= 0.6 is 11.6 Å². The quantitative estimate of drug-likeness (QED) is 0.654. The number of rotatable bonds is 0. The Morgan fingerprint density at radius 2 is 1.88 bits per heavy atom. The second-order valence-electron chi connectivity index (χ2n) is 3.40. The molecular formula is C13H5ClN2O. The molecule has 0 fully saturated rings. The fourth-order valence-electron chi connectivity index (χ4n) is 1.66. The summed E-state index contributed by atoms with van der Waals surface area (Å²) >= 11 is 6.00. The molecule has 0 atom stereocenters. The Balaban J connectivity index is 2.86. The average Bonchev–Trinajstić information content (AvgIpc) is 2.51. The molecule has 0 aliphatic heterocycles. The second kappa shape index (κ2) is 4.25. The van der Waals surface area contributed by atoms with Crippen LogP contribution in [0.5, 0.6) is 0 Å². The molecule has 4 heteroatoms. The van der Waals surface area contributed by atoms with Gasteiger partial charge in [-0.1, -0.05) is 23.7 Å². The molecule has 0 N–H and O–H groups in total. The van der Waals surface area contributed by atoms with Crippen molar-refractivity contribution >= 4 is 22.2 Å². The van der Waals surface area contributed by atoms with Crippen molar-refractivity contribution in [2.24, 2.45) is 0 Å². The zero-order valence-corrected chi connectivity index (χ0v) is 9.32. The fourth-order valence-corrected chi connectivity index (χ4v) is 1.93. The average molecular weight is 241 g/mol. The minimum absolute atomic E-state index is 0.0134. The van der Waals surface area contributed by atoms with Gasteiger partial charge in [0.25, 0.3) is 0 Å². The Bertz CT molecular complexity index is 687. The summed E-state index contributed by atoms with van der Waals surface area (Å²) in [6.45, 7) is 0. The molecule has 0 saturated carbocycles. The predicted molar refractivity (Wildman–Crippen MR) is 64.7 cm³/mol. The van der Waals surface area contributed by atoms with Gasteiger partial charge < -0.3 is 0 Å². The van der Waals surface area contributed by atoms with E-state index in [0.29, 0.717) is 21.7 Å². The first-order chi connectivity index (χ1) is 8.17. The Morgan fingerprint density at radius 1 is 1.18 bits per heavy atom. The molecule has 0 amide bonds. The van der Waals surface area contributed by atoms with E-state index in [9.17, 15) is 4.79 Å². The lowest BCUT2D eigenvalue weighted by molar-refractivity contribution is 1.46. The fraction of sp³-hybridized carbons (Fsp3) is 0. The lowest BCUT2D eigenvalue weighted by Crippen LogP contribution is -1.91. The van der Waals surface area contributed by atoms with Crippen molar-refractivity contribution < 1.29 is 0 Å². The number of fused-ring (bicyclic) bond motifs is 1. The van der Waals surface area contributed by atoms with E-state index in [1.165, 1.54) is 18.2 Å². The van der Waals surface area contributed by atoms with Crippen molar-refractivity contribution in [1.82, 2.24) is 0 Å². The SMILES string of the molecule is N#CC(C#N)=C1C=C(Cl)c2cc(=O)cccc21. The van der Waals surface area contributed by atoms with Gasteiger partial charge in [0, 0.05) is 16.2 Å². The summed E-state index contributed by atoms with van der Waals surface area (Å²) in [5, 5.41) is 18.1. The van der Waals surface area contributed by atoms with Gasteiger partial charge in [0.05, 0.1) is 0 Å². The summed E-state index contributed by atoms with van der Waals surface area (Å²) in [6.07, 6.45) is 1.54. The van der Waals surface area contributed by atoms with Crippen molar-refractivity contribution in [3.8, 4) is 12.1 Å². The van der Waals surface area contributed by atoms with Gasteiger partial charge in [0.2, 0.25) is 0 Å². The second-order valence-corrected chi connectivity index (χ2v) is 3.81. The molecule has 80 valence electrons. The highest BCUT2D eigenvalue weighted by Crippen LogP contribution is 2.37. The van der Waals surface area contributed by atoms with Crippen molar-refractivity contribution in [3.05, 3.63) is 57.3 Å². The van der Waals surface area contributed by atoms with Gasteiger partial charge in [0.15, 0.2) is 5.43 Å². The smallest absolute Gasteiger partial charge is 0.179 e. The van der Waals surface area contributed by atoms with Gasteiger partial charge >= 0.3 is 0 Å². The van der Waals surface area contributed by atoms with E-state index in [-0.39, 0.29) is 11.0 Å². The van der Waals surface area contributed by atoms with Crippen LogP contribution in [0.4, 0.5) is 0 Å². The maximum absolute atomic E-state index is 11.4. The summed E-state index contributed by atoms with van der Waals surface area (Å²) in [5.74, 6) is 0. The van der Waals surface area contributed by atoms with E-state index in [1.54, 1.807) is 12.1 Å². The molecular weight excluding hydrogens is 236 g/mol. The number of allylic oxidation sites excluding steroid dienone is 3. The van der Waals surface area contributed by atoms with Crippen molar-refractivity contribution in [2.75, 3.05) is 0 Å². The van der Waals surface area contributed by atoms with Crippen molar-refractivity contribution in [1.29, 1.82) is 10.5 Å². The summed E-state index contributed by atoms with van der Waals surface area (Å²) in [4.78, 5) is 11.4. The molecule has 1 aromatic carbocycles. The molecule has 1 aromatic rings. The molecule has 2 rings (SSSR count). The predicted octanol–water partition coefficient (Wildman–Crippen LogP) is 2.44. The molecule has 0 heterocycles. The largest absolute Gasteiger partial charge is 0.290 e. The third-order valence-corrected chi connectivity index (χ3v) is 2.72. The zero-order chi connectivity index (χ0) is 12.4. The highest BCUT2D eigenvalue weighted by atomic mass is 35.5. The van der Waals surface area contributed by atoms with Gasteiger partial charge in [-0.25, -0.2) is 0 Å². The van der Waals surface area contributed by atoms with Gasteiger partial charge in [-0.3, -0.25) is 4.79 Å². The molecule has 1 aliphatic carbocycles. The first kappa shape index (κ1) is 11.1. The topological polar surface area (TPSA) is 64.7 Å². The van der Waals surface area contributed by atoms with E-state index in [1.807, 2.05) is 12.1 Å². The molecule has 0 spiro atoms. The summed E-state index contributed by atoms with van der Waals surface area (Å²) in [7, 11) is 0. The summed E-state index contributed by atoms with van der Waals surface area (Å²) in [5.41, 5.74) is 1.47. The van der Waals surface area contributed by atoms with E-state index >= 15 is 0 Å². The van der Waals surface area contributed by atoms with E-state index in [0.717, 1.165) is 0 Å². The third-order valence-electron chi connectivity index (χ3n) is 2.41. The standard InChI is InChI=1S/C13H5ClN2O/c14-13-5-11(8(6-15)7-16)10-3-1-2-9(17)4-12(10)13/h1-5H. The number of nitrogens with zero attached hydrogens (tertiary/aromatic N) is 2. The zero-order valence-electron chi connectivity index (χ0n) is 8.57. The Kier molecular flexibility index (Phi) is 2.78. The lowest BCUT2D eigenvalue weighted by atomic mass is 10.0. The van der Waals surface area contributed by atoms with Crippen LogP contribution in [0, 0.1) is 22.7 Å². The lowest BCUT2D eigenvalue weighted by Gasteiger charge is -1.96. The molecule has 0 bridgehead atoms. The van der Waals surface area contributed by atoms with E-state index in [4.69, 9.17) is 22.1 Å². The molecule has 0 unspecified atom stereocenters. The highest BCUT2D eigenvalue weighted by molar-refractivity contribution is 6.51. The van der Waals surface area contributed by atoms with Gasteiger partial charge in [0.1, 0.15) is 17.7 Å². The van der Waals surface area contributed by atoms with Crippen LogP contribution in [-0.4, -0.2) is 0 Å². The van der Waals surface area contributed by atoms with Crippen LogP contribution in [0.3, 0.4) is 0 Å². The maximum Gasteiger partial charge on any atom is 0.179 e. The number of hydrogen-bond donors (Lipinski definition) is 0. The van der Waals surface area contributed by atoms with Gasteiger partial charge in [-0.15, -0.1) is 0 Å². The normalized spacial score (nSPS) is 12.2. The van der Waals surface area contributed by atoms with Crippen LogP contribution < -0.4 is 5.43 Å². The number of nitriles is 2. The van der Waals surface area contributed by atoms with Crippen LogP contribution in [0.15, 0.2) is 40.7 Å². The van der Waals surface area contributed by atoms with Gasteiger partial charge in [-0.2, -0.15) is 10.5 Å². The minimum atomic E-state index is -0.172. The number of halogens is 1. The molecule has 0 aromatic heterocycles. The minimum Gasteiger partial charge on any atom is -0.290 e. The highest BCUT2D eigenvalue weighted by Gasteiger charge is 2.19. The van der Waals surface area contributed by atoms with Gasteiger partial charge in [-0.05, 0) is 23.8 Å². The van der Waals surface area contributed by atoms with Crippen molar-refractivity contribution in [3.63, 3.8) is 0 Å². The first-order valence-corrected chi connectivity index (χ1v) is 5.12. The maximum atomic E-state index is 11.4. The summed E-state index contributed by atoms with van der Waals surface area (Å²) < 4.78 is 0. The third kappa shape index (κ3) is 1.85. The van der Waals surface area contributed by atoms with E-state index in [2.05, 4.69) is 0 Å². The molecule has 0 radical (unpaired) electrons. The Morgan fingerprint density at radius 3 is 2.53 bits per heavy atom. The van der Waals surface area contributed by atoms with Crippen LogP contribution in [0.2, 0.25) is 0 Å². The Labute approximate surface area is 102 Å².